The highest BCUT2D eigenvalue weighted by atomic mass is 16.4. The first-order valence-corrected chi connectivity index (χ1v) is 7.34. The third kappa shape index (κ3) is 2.46. The molecule has 0 radical (unpaired) electrons. The van der Waals surface area contributed by atoms with Gasteiger partial charge in [0.25, 0.3) is 0 Å². The van der Waals surface area contributed by atoms with Gasteiger partial charge in [-0.2, -0.15) is 0 Å². The normalized spacial score (nSPS) is 17.9. The molecular formula is C17H20N2O2. The van der Waals surface area contributed by atoms with Crippen LogP contribution in [0.25, 0.3) is 10.9 Å². The Morgan fingerprint density at radius 1 is 1.29 bits per heavy atom. The van der Waals surface area contributed by atoms with Gasteiger partial charge in [0.1, 0.15) is 0 Å². The quantitative estimate of drug-likeness (QED) is 0.871. The lowest BCUT2D eigenvalue weighted by molar-refractivity contribution is 0.119. The van der Waals surface area contributed by atoms with E-state index >= 15 is 0 Å². The summed E-state index contributed by atoms with van der Waals surface area (Å²) in [4.78, 5) is 17.4. The van der Waals surface area contributed by atoms with Gasteiger partial charge in [-0.3, -0.25) is 4.98 Å². The molecule has 1 aromatic heterocycles. The molecule has 2 aromatic rings. The summed E-state index contributed by atoms with van der Waals surface area (Å²) in [6.07, 6.45) is 0.827. The third-order valence-electron chi connectivity index (χ3n) is 4.68. The van der Waals surface area contributed by atoms with Crippen LogP contribution in [0.15, 0.2) is 30.3 Å². The largest absolute Gasteiger partial charge is 0.465 e. The molecule has 1 aromatic carbocycles. The zero-order valence-corrected chi connectivity index (χ0v) is 12.5. The van der Waals surface area contributed by atoms with E-state index in [1.165, 1.54) is 15.8 Å². The van der Waals surface area contributed by atoms with Crippen LogP contribution < -0.4 is 0 Å². The van der Waals surface area contributed by atoms with E-state index in [2.05, 4.69) is 26.0 Å². The van der Waals surface area contributed by atoms with E-state index in [0.717, 1.165) is 24.1 Å². The number of para-hydroxylation sites is 1. The van der Waals surface area contributed by atoms with Crippen molar-refractivity contribution in [2.24, 2.45) is 0 Å². The fraction of sp³-hybridized carbons (Fsp3) is 0.412. The number of pyridine rings is 1. The second kappa shape index (κ2) is 5.02. The van der Waals surface area contributed by atoms with Crippen molar-refractivity contribution >= 4 is 17.0 Å². The van der Waals surface area contributed by atoms with Crippen molar-refractivity contribution in [2.45, 2.75) is 32.1 Å². The standard InChI is InChI=1S/C17H20N2O2/c1-12-11-15(18-14-6-4-3-5-13(12)14)17(2)7-9-19(10-8-17)16(20)21/h3-6,11H,7-10H2,1-2H3,(H,20,21). The van der Waals surface area contributed by atoms with Gasteiger partial charge in [-0.15, -0.1) is 0 Å². The number of aryl methyl sites for hydroxylation is 1. The number of aromatic nitrogens is 1. The van der Waals surface area contributed by atoms with Crippen LogP contribution >= 0.6 is 0 Å². The Bertz CT molecular complexity index is 688. The molecule has 0 bridgehead atoms. The Kier molecular flexibility index (Phi) is 3.32. The smallest absolute Gasteiger partial charge is 0.407 e. The fourth-order valence-corrected chi connectivity index (χ4v) is 3.11. The number of carboxylic acid groups (broad SMARTS) is 1. The monoisotopic (exact) mass is 284 g/mol. The SMILES string of the molecule is Cc1cc(C2(C)CCN(C(=O)O)CC2)nc2ccccc12. The van der Waals surface area contributed by atoms with Crippen molar-refractivity contribution in [2.75, 3.05) is 13.1 Å². The van der Waals surface area contributed by atoms with Gasteiger partial charge in [0.05, 0.1) is 5.52 Å². The lowest BCUT2D eigenvalue weighted by Crippen LogP contribution is -2.43. The van der Waals surface area contributed by atoms with Crippen molar-refractivity contribution in [1.29, 1.82) is 0 Å². The molecule has 1 amide bonds. The number of amides is 1. The molecule has 1 aliphatic heterocycles. The van der Waals surface area contributed by atoms with Gasteiger partial charge in [0.2, 0.25) is 0 Å². The second-order valence-corrected chi connectivity index (χ2v) is 6.17. The average Bonchev–Trinajstić information content (AvgIpc) is 2.47. The molecule has 1 aliphatic rings. The van der Waals surface area contributed by atoms with Gasteiger partial charge in [0, 0.05) is 29.6 Å². The van der Waals surface area contributed by atoms with Crippen molar-refractivity contribution in [3.63, 3.8) is 0 Å². The van der Waals surface area contributed by atoms with Gasteiger partial charge >= 0.3 is 6.09 Å². The van der Waals surface area contributed by atoms with Crippen LogP contribution in [0, 0.1) is 6.92 Å². The molecule has 0 aliphatic carbocycles. The van der Waals surface area contributed by atoms with Crippen LogP contribution in [0.1, 0.15) is 31.0 Å². The molecule has 4 heteroatoms. The highest BCUT2D eigenvalue weighted by Gasteiger charge is 2.34. The van der Waals surface area contributed by atoms with E-state index in [9.17, 15) is 4.79 Å². The summed E-state index contributed by atoms with van der Waals surface area (Å²) in [6.45, 7) is 5.48. The van der Waals surface area contributed by atoms with Crippen LogP contribution in [0.3, 0.4) is 0 Å². The van der Waals surface area contributed by atoms with Gasteiger partial charge in [-0.05, 0) is 37.5 Å². The number of hydrogen-bond acceptors (Lipinski definition) is 2. The van der Waals surface area contributed by atoms with Crippen LogP contribution in [-0.2, 0) is 5.41 Å². The topological polar surface area (TPSA) is 53.4 Å². The summed E-state index contributed by atoms with van der Waals surface area (Å²) in [5, 5.41) is 10.3. The van der Waals surface area contributed by atoms with Crippen molar-refractivity contribution < 1.29 is 9.90 Å². The van der Waals surface area contributed by atoms with Crippen LogP contribution in [0.5, 0.6) is 0 Å². The number of hydrogen-bond donors (Lipinski definition) is 1. The average molecular weight is 284 g/mol. The van der Waals surface area contributed by atoms with Crippen LogP contribution in [0.2, 0.25) is 0 Å². The predicted octanol–water partition coefficient (Wildman–Crippen LogP) is 3.57. The number of rotatable bonds is 1. The van der Waals surface area contributed by atoms with E-state index < -0.39 is 6.09 Å². The maximum absolute atomic E-state index is 11.0. The molecule has 1 fully saturated rings. The molecule has 0 atom stereocenters. The highest BCUT2D eigenvalue weighted by molar-refractivity contribution is 5.82. The number of carbonyl (C=O) groups is 1. The van der Waals surface area contributed by atoms with Crippen molar-refractivity contribution in [3.8, 4) is 0 Å². The zero-order valence-electron chi connectivity index (χ0n) is 12.5. The molecule has 2 heterocycles. The van der Waals surface area contributed by atoms with Gasteiger partial charge in [-0.1, -0.05) is 25.1 Å². The minimum absolute atomic E-state index is 0.0409. The summed E-state index contributed by atoms with van der Waals surface area (Å²) >= 11 is 0. The second-order valence-electron chi connectivity index (χ2n) is 6.17. The summed E-state index contributed by atoms with van der Waals surface area (Å²) < 4.78 is 0. The molecule has 0 saturated carbocycles. The Balaban J connectivity index is 1.95. The first-order valence-electron chi connectivity index (χ1n) is 7.34. The molecule has 110 valence electrons. The van der Waals surface area contributed by atoms with Crippen molar-refractivity contribution in [3.05, 3.63) is 41.6 Å². The molecule has 21 heavy (non-hydrogen) atoms. The molecule has 1 saturated heterocycles. The molecule has 4 nitrogen and oxygen atoms in total. The minimum Gasteiger partial charge on any atom is -0.465 e. The molecule has 1 N–H and O–H groups in total. The van der Waals surface area contributed by atoms with Crippen LogP contribution in [-0.4, -0.2) is 34.2 Å². The van der Waals surface area contributed by atoms with Gasteiger partial charge < -0.3 is 10.0 Å². The van der Waals surface area contributed by atoms with Crippen molar-refractivity contribution in [1.82, 2.24) is 9.88 Å². The highest BCUT2D eigenvalue weighted by Crippen LogP contribution is 2.35. The molecule has 3 rings (SSSR count). The maximum atomic E-state index is 11.0. The van der Waals surface area contributed by atoms with E-state index in [4.69, 9.17) is 10.1 Å². The lowest BCUT2D eigenvalue weighted by atomic mass is 9.77. The Labute approximate surface area is 124 Å². The number of fused-ring (bicyclic) bond motifs is 1. The molecule has 0 spiro atoms. The van der Waals surface area contributed by atoms with E-state index in [1.807, 2.05) is 18.2 Å². The first kappa shape index (κ1) is 13.9. The molecule has 0 unspecified atom stereocenters. The number of benzene rings is 1. The van der Waals surface area contributed by atoms with E-state index in [-0.39, 0.29) is 5.41 Å². The van der Waals surface area contributed by atoms with Crippen LogP contribution in [0.4, 0.5) is 4.79 Å². The maximum Gasteiger partial charge on any atom is 0.407 e. The summed E-state index contributed by atoms with van der Waals surface area (Å²) in [7, 11) is 0. The summed E-state index contributed by atoms with van der Waals surface area (Å²) in [5.74, 6) is 0. The van der Waals surface area contributed by atoms with E-state index in [0.29, 0.717) is 13.1 Å². The fourth-order valence-electron chi connectivity index (χ4n) is 3.11. The Morgan fingerprint density at radius 2 is 1.95 bits per heavy atom. The summed E-state index contributed by atoms with van der Waals surface area (Å²) in [5.41, 5.74) is 3.30. The van der Waals surface area contributed by atoms with E-state index in [1.54, 1.807) is 0 Å². The minimum atomic E-state index is -0.820. The molecular weight excluding hydrogens is 264 g/mol. The Morgan fingerprint density at radius 3 is 2.62 bits per heavy atom. The third-order valence-corrected chi connectivity index (χ3v) is 4.68. The zero-order chi connectivity index (χ0) is 15.0. The predicted molar refractivity (Wildman–Crippen MR) is 82.7 cm³/mol. The lowest BCUT2D eigenvalue weighted by Gasteiger charge is -2.38. The summed E-state index contributed by atoms with van der Waals surface area (Å²) in [6, 6.07) is 10.3. The number of likely N-dealkylation sites (tertiary alicyclic amines) is 1. The Hall–Kier alpha value is -2.10. The first-order chi connectivity index (χ1) is 9.99. The van der Waals surface area contributed by atoms with Gasteiger partial charge in [-0.25, -0.2) is 4.79 Å². The van der Waals surface area contributed by atoms with Gasteiger partial charge in [0.15, 0.2) is 0 Å². The number of nitrogens with zero attached hydrogens (tertiary/aromatic N) is 2. The number of piperidine rings is 1.